The molecule has 12 nitrogen and oxygen atoms in total. The molecular formula is C53H55N5O7S. The molecule has 13 heteroatoms. The summed E-state index contributed by atoms with van der Waals surface area (Å²) in [6.45, 7) is 4.42. The maximum atomic E-state index is 13.8. The monoisotopic (exact) mass is 905 g/mol. The van der Waals surface area contributed by atoms with E-state index in [0.717, 1.165) is 81.5 Å². The van der Waals surface area contributed by atoms with E-state index in [0.29, 0.717) is 13.0 Å². The molecule has 2 saturated heterocycles. The molecule has 4 N–H and O–H groups in total. The second kappa shape index (κ2) is 20.1. The van der Waals surface area contributed by atoms with Crippen molar-refractivity contribution in [1.82, 2.24) is 24.5 Å². The topological polar surface area (TPSA) is 155 Å². The van der Waals surface area contributed by atoms with Crippen LogP contribution in [0.4, 0.5) is 0 Å². The lowest BCUT2D eigenvalue weighted by Gasteiger charge is -2.40. The standard InChI is InChI=1S/C53H55N5O7S/c1-36-17-23-46(24-18-36)66(62,63)56-48(30-37-9-3-2-4-10-37)51(60)54-33-39-11-7-12-41(29-39)42-13-8-14-43(31-42)52-64-45(32-50(65-52)40-21-19-38(35-59)20-22-40)34-57-27-25-44(26-28-57)58-49-16-6-5-15-47(49)55-53(58)61/h2-24,29,31,44-45,48,50,52,56,59H,25-28,30,32-35H2,1H3,(H,54,60)(H,55,61)/t45-,48+,50+,52+/m0/s1. The minimum absolute atomic E-state index is 0.0357. The summed E-state index contributed by atoms with van der Waals surface area (Å²) in [5.74, 6) is -0.433. The Balaban J connectivity index is 0.891. The highest BCUT2D eigenvalue weighted by Crippen LogP contribution is 2.39. The molecule has 2 aliphatic heterocycles. The number of aliphatic hydroxyl groups excluding tert-OH is 1. The third-order valence-corrected chi connectivity index (χ3v) is 14.2. The quantitative estimate of drug-likeness (QED) is 0.0811. The van der Waals surface area contributed by atoms with Gasteiger partial charge in [0.05, 0.1) is 34.7 Å². The third kappa shape index (κ3) is 10.6. The number of benzene rings is 6. The number of sulfonamides is 1. The second-order valence-corrected chi connectivity index (χ2v) is 19.1. The summed E-state index contributed by atoms with van der Waals surface area (Å²) in [7, 11) is -3.99. The largest absolute Gasteiger partial charge is 0.392 e. The van der Waals surface area contributed by atoms with Crippen molar-refractivity contribution in [3.05, 3.63) is 196 Å². The van der Waals surface area contributed by atoms with Crippen LogP contribution in [-0.2, 0) is 43.9 Å². The van der Waals surface area contributed by atoms with Crippen molar-refractivity contribution in [2.45, 2.75) is 81.2 Å². The predicted octanol–water partition coefficient (Wildman–Crippen LogP) is 7.89. The van der Waals surface area contributed by atoms with Crippen LogP contribution in [-0.4, -0.2) is 65.7 Å². The zero-order valence-electron chi connectivity index (χ0n) is 36.9. The van der Waals surface area contributed by atoms with Gasteiger partial charge >= 0.3 is 5.69 Å². The van der Waals surface area contributed by atoms with E-state index < -0.39 is 28.3 Å². The summed E-state index contributed by atoms with van der Waals surface area (Å²) in [6.07, 6.45) is 1.51. The van der Waals surface area contributed by atoms with Gasteiger partial charge in [0.2, 0.25) is 15.9 Å². The summed E-state index contributed by atoms with van der Waals surface area (Å²) in [5.41, 5.74) is 8.95. The van der Waals surface area contributed by atoms with Gasteiger partial charge in [-0.1, -0.05) is 121 Å². The Morgan fingerprint density at radius 1 is 0.773 bits per heavy atom. The number of carbonyl (C=O) groups is 1. The van der Waals surface area contributed by atoms with Gasteiger partial charge in [-0.15, -0.1) is 0 Å². The van der Waals surface area contributed by atoms with Gasteiger partial charge in [0.1, 0.15) is 6.04 Å². The van der Waals surface area contributed by atoms with Gasteiger partial charge in [0.25, 0.3) is 0 Å². The molecule has 0 spiro atoms. The third-order valence-electron chi connectivity index (χ3n) is 12.7. The molecule has 0 radical (unpaired) electrons. The Morgan fingerprint density at radius 2 is 1.47 bits per heavy atom. The van der Waals surface area contributed by atoms with Crippen molar-refractivity contribution in [2.75, 3.05) is 19.6 Å². The molecule has 0 aliphatic carbocycles. The smallest absolute Gasteiger partial charge is 0.326 e. The molecule has 340 valence electrons. The lowest BCUT2D eigenvalue weighted by atomic mass is 9.97. The number of H-pyrrole nitrogens is 1. The Bertz CT molecular complexity index is 2930. The Hall–Kier alpha value is -6.19. The number of ether oxygens (including phenoxy) is 2. The maximum absolute atomic E-state index is 13.8. The van der Waals surface area contributed by atoms with E-state index in [1.165, 1.54) is 0 Å². The molecule has 1 amide bonds. The second-order valence-electron chi connectivity index (χ2n) is 17.4. The molecule has 0 unspecified atom stereocenters. The predicted molar refractivity (Wildman–Crippen MR) is 255 cm³/mol. The first kappa shape index (κ1) is 45.0. The fourth-order valence-electron chi connectivity index (χ4n) is 9.17. The first-order valence-electron chi connectivity index (χ1n) is 22.6. The lowest BCUT2D eigenvalue weighted by molar-refractivity contribution is -0.253. The van der Waals surface area contributed by atoms with E-state index >= 15 is 0 Å². The summed E-state index contributed by atoms with van der Waals surface area (Å²) >= 11 is 0. The fourth-order valence-corrected chi connectivity index (χ4v) is 10.4. The van der Waals surface area contributed by atoms with Crippen LogP contribution >= 0.6 is 0 Å². The number of rotatable bonds is 15. The number of imidazole rings is 1. The highest BCUT2D eigenvalue weighted by Gasteiger charge is 2.35. The Kier molecular flexibility index (Phi) is 13.7. The molecule has 0 saturated carbocycles. The summed E-state index contributed by atoms with van der Waals surface area (Å²) in [5, 5.41) is 12.7. The summed E-state index contributed by atoms with van der Waals surface area (Å²) in [6, 6.07) is 46.8. The summed E-state index contributed by atoms with van der Waals surface area (Å²) in [4.78, 5) is 32.3. The number of carbonyl (C=O) groups excluding carboxylic acids is 1. The van der Waals surface area contributed by atoms with Crippen molar-refractivity contribution in [2.24, 2.45) is 0 Å². The van der Waals surface area contributed by atoms with Gasteiger partial charge in [-0.2, -0.15) is 4.72 Å². The molecule has 4 atom stereocenters. The van der Waals surface area contributed by atoms with Gasteiger partial charge in [0, 0.05) is 44.2 Å². The van der Waals surface area contributed by atoms with Crippen LogP contribution in [0.3, 0.4) is 0 Å². The van der Waals surface area contributed by atoms with Crippen LogP contribution in [0.2, 0.25) is 0 Å². The van der Waals surface area contributed by atoms with Crippen LogP contribution in [0.1, 0.15) is 71.1 Å². The molecule has 1 aromatic heterocycles. The van der Waals surface area contributed by atoms with E-state index in [2.05, 4.69) is 26.0 Å². The molecular weight excluding hydrogens is 851 g/mol. The highest BCUT2D eigenvalue weighted by atomic mass is 32.2. The van der Waals surface area contributed by atoms with Crippen molar-refractivity contribution in [3.63, 3.8) is 0 Å². The molecule has 3 heterocycles. The minimum atomic E-state index is -3.99. The highest BCUT2D eigenvalue weighted by molar-refractivity contribution is 7.89. The average Bonchev–Trinajstić information content (AvgIpc) is 3.69. The first-order chi connectivity index (χ1) is 32.1. The number of aromatic nitrogens is 2. The zero-order chi connectivity index (χ0) is 45.6. The molecule has 2 aliphatic rings. The number of fused-ring (bicyclic) bond motifs is 1. The number of hydrogen-bond acceptors (Lipinski definition) is 8. The number of aryl methyl sites for hydroxylation is 1. The number of nitrogens with one attached hydrogen (secondary N) is 3. The molecule has 66 heavy (non-hydrogen) atoms. The number of para-hydroxylation sites is 2. The van der Waals surface area contributed by atoms with Gasteiger partial charge in [0.15, 0.2) is 6.29 Å². The van der Waals surface area contributed by atoms with Crippen LogP contribution in [0, 0.1) is 6.92 Å². The maximum Gasteiger partial charge on any atom is 0.326 e. The first-order valence-corrected chi connectivity index (χ1v) is 24.1. The SMILES string of the molecule is Cc1ccc(S(=O)(=O)N[C@H](Cc2ccccc2)C(=O)NCc2cccc(-c3cccc([C@@H]4O[C@H](CN5CCC(n6c(=O)[nH]c7ccccc76)CC5)C[C@H](c5ccc(CO)cc5)O4)c3)c2)cc1. The van der Waals surface area contributed by atoms with E-state index in [4.69, 9.17) is 9.47 Å². The van der Waals surface area contributed by atoms with Gasteiger partial charge in [-0.05, 0) is 96.0 Å². The van der Waals surface area contributed by atoms with E-state index in [1.54, 1.807) is 24.3 Å². The number of piperidine rings is 1. The lowest BCUT2D eigenvalue weighted by Crippen LogP contribution is -2.47. The summed E-state index contributed by atoms with van der Waals surface area (Å²) < 4.78 is 45.0. The molecule has 6 aromatic carbocycles. The number of amides is 1. The van der Waals surface area contributed by atoms with Crippen LogP contribution < -0.4 is 15.7 Å². The molecule has 7 aromatic rings. The zero-order valence-corrected chi connectivity index (χ0v) is 37.7. The van der Waals surface area contributed by atoms with Crippen molar-refractivity contribution in [3.8, 4) is 11.1 Å². The van der Waals surface area contributed by atoms with Gasteiger partial charge < -0.3 is 29.8 Å². The number of aliphatic hydroxyl groups is 1. The van der Waals surface area contributed by atoms with E-state index in [1.807, 2.05) is 133 Å². The fraction of sp³-hybridized carbons (Fsp3) is 0.283. The van der Waals surface area contributed by atoms with Gasteiger partial charge in [-0.3, -0.25) is 9.36 Å². The number of likely N-dealkylation sites (tertiary alicyclic amines) is 1. The number of nitrogens with zero attached hydrogens (tertiary/aromatic N) is 2. The van der Waals surface area contributed by atoms with Crippen molar-refractivity contribution in [1.29, 1.82) is 0 Å². The molecule has 9 rings (SSSR count). The number of hydrogen-bond donors (Lipinski definition) is 4. The Labute approximate surface area is 385 Å². The van der Waals surface area contributed by atoms with Crippen LogP contribution in [0.25, 0.3) is 22.2 Å². The number of aromatic amines is 1. The van der Waals surface area contributed by atoms with Crippen LogP contribution in [0.15, 0.2) is 161 Å². The normalized spacial score (nSPS) is 18.8. The average molecular weight is 906 g/mol. The Morgan fingerprint density at radius 3 is 2.23 bits per heavy atom. The van der Waals surface area contributed by atoms with E-state index in [-0.39, 0.29) is 48.4 Å². The van der Waals surface area contributed by atoms with Crippen molar-refractivity contribution < 1.29 is 27.8 Å². The minimum Gasteiger partial charge on any atom is -0.392 e. The molecule has 0 bridgehead atoms. The van der Waals surface area contributed by atoms with E-state index in [9.17, 15) is 23.1 Å². The van der Waals surface area contributed by atoms with Crippen molar-refractivity contribution >= 4 is 27.0 Å². The van der Waals surface area contributed by atoms with Gasteiger partial charge in [-0.25, -0.2) is 13.2 Å². The van der Waals surface area contributed by atoms with Crippen LogP contribution in [0.5, 0.6) is 0 Å². The molecule has 2 fully saturated rings.